The van der Waals surface area contributed by atoms with E-state index in [-0.39, 0.29) is 6.73 Å². The largest absolute Gasteiger partial charge is 0.473 e. The van der Waals surface area contributed by atoms with Crippen molar-refractivity contribution in [3.8, 4) is 5.75 Å². The van der Waals surface area contributed by atoms with E-state index < -0.39 is 11.8 Å². The number of carbonyl (C=O) groups is 2. The van der Waals surface area contributed by atoms with Gasteiger partial charge in [0.15, 0.2) is 6.73 Å². The summed E-state index contributed by atoms with van der Waals surface area (Å²) in [7, 11) is 1.56. The number of rotatable bonds is 4. The Bertz CT molecular complexity index is 699. The third-order valence-corrected chi connectivity index (χ3v) is 3.45. The van der Waals surface area contributed by atoms with Gasteiger partial charge >= 0.3 is 11.8 Å². The van der Waals surface area contributed by atoms with E-state index in [1.54, 1.807) is 31.3 Å². The van der Waals surface area contributed by atoms with Crippen LogP contribution in [0.2, 0.25) is 0 Å². The molecule has 5 heteroatoms. The number of amides is 2. The molecule has 0 unspecified atom stereocenters. The summed E-state index contributed by atoms with van der Waals surface area (Å²) in [6.45, 7) is 3.83. The summed E-state index contributed by atoms with van der Waals surface area (Å²) in [6.07, 6.45) is 0. The number of ether oxygens (including phenoxy) is 1. The Morgan fingerprint density at radius 3 is 2.48 bits per heavy atom. The maximum absolute atomic E-state index is 12.1. The molecular weight excluding hydrogens is 292 g/mol. The lowest BCUT2D eigenvalue weighted by Crippen LogP contribution is -2.42. The van der Waals surface area contributed by atoms with Gasteiger partial charge in [0, 0.05) is 12.7 Å². The SMILES string of the molecule is Cc1ccc(C)c(OCNC(=O)C(=O)N(C)c2ccccc2)c1. The van der Waals surface area contributed by atoms with Gasteiger partial charge in [-0.2, -0.15) is 0 Å². The van der Waals surface area contributed by atoms with E-state index in [1.165, 1.54) is 4.90 Å². The van der Waals surface area contributed by atoms with Crippen LogP contribution in [0.25, 0.3) is 0 Å². The number of nitrogens with one attached hydrogen (secondary N) is 1. The third kappa shape index (κ3) is 4.32. The Kier molecular flexibility index (Phi) is 5.36. The predicted molar refractivity (Wildman–Crippen MR) is 89.4 cm³/mol. The average molecular weight is 312 g/mol. The number of benzene rings is 2. The van der Waals surface area contributed by atoms with Crippen molar-refractivity contribution < 1.29 is 14.3 Å². The van der Waals surface area contributed by atoms with Gasteiger partial charge in [0.2, 0.25) is 0 Å². The first-order valence-electron chi connectivity index (χ1n) is 7.30. The van der Waals surface area contributed by atoms with Crippen molar-refractivity contribution in [1.82, 2.24) is 5.32 Å². The van der Waals surface area contributed by atoms with Gasteiger partial charge in [-0.15, -0.1) is 0 Å². The number of likely N-dealkylation sites (N-methyl/N-ethyl adjacent to an activating group) is 1. The molecule has 0 saturated heterocycles. The third-order valence-electron chi connectivity index (χ3n) is 3.45. The van der Waals surface area contributed by atoms with Crippen LogP contribution in [0.5, 0.6) is 5.75 Å². The quantitative estimate of drug-likeness (QED) is 0.697. The molecule has 0 aliphatic rings. The molecule has 0 spiro atoms. The van der Waals surface area contributed by atoms with Crippen LogP contribution in [0.4, 0.5) is 5.69 Å². The summed E-state index contributed by atoms with van der Waals surface area (Å²) in [6, 6.07) is 14.8. The maximum Gasteiger partial charge on any atom is 0.316 e. The highest BCUT2D eigenvalue weighted by Gasteiger charge is 2.19. The van der Waals surface area contributed by atoms with Crippen LogP contribution < -0.4 is 15.0 Å². The van der Waals surface area contributed by atoms with Gasteiger partial charge < -0.3 is 15.0 Å². The minimum Gasteiger partial charge on any atom is -0.473 e. The summed E-state index contributed by atoms with van der Waals surface area (Å²) in [4.78, 5) is 25.3. The van der Waals surface area contributed by atoms with Crippen molar-refractivity contribution in [2.24, 2.45) is 0 Å². The van der Waals surface area contributed by atoms with Crippen molar-refractivity contribution in [3.05, 3.63) is 59.7 Å². The highest BCUT2D eigenvalue weighted by atomic mass is 16.5. The van der Waals surface area contributed by atoms with Crippen molar-refractivity contribution in [3.63, 3.8) is 0 Å². The zero-order valence-corrected chi connectivity index (χ0v) is 13.5. The normalized spacial score (nSPS) is 10.0. The summed E-state index contributed by atoms with van der Waals surface area (Å²) in [5.41, 5.74) is 2.69. The molecule has 0 aromatic heterocycles. The molecule has 2 amide bonds. The lowest BCUT2D eigenvalue weighted by Gasteiger charge is -2.17. The second-order valence-electron chi connectivity index (χ2n) is 5.26. The van der Waals surface area contributed by atoms with E-state index in [9.17, 15) is 9.59 Å². The van der Waals surface area contributed by atoms with E-state index in [1.807, 2.05) is 38.1 Å². The van der Waals surface area contributed by atoms with Crippen LogP contribution in [-0.4, -0.2) is 25.6 Å². The van der Waals surface area contributed by atoms with Gasteiger partial charge in [0.05, 0.1) is 0 Å². The topological polar surface area (TPSA) is 58.6 Å². The van der Waals surface area contributed by atoms with Crippen molar-refractivity contribution >= 4 is 17.5 Å². The van der Waals surface area contributed by atoms with Gasteiger partial charge in [-0.3, -0.25) is 9.59 Å². The number of para-hydroxylation sites is 1. The summed E-state index contributed by atoms with van der Waals surface area (Å²) < 4.78 is 5.52. The molecule has 2 aromatic carbocycles. The summed E-state index contributed by atoms with van der Waals surface area (Å²) in [5.74, 6) is -0.656. The van der Waals surface area contributed by atoms with Gasteiger partial charge in [-0.05, 0) is 43.2 Å². The highest BCUT2D eigenvalue weighted by Crippen LogP contribution is 2.18. The van der Waals surface area contributed by atoms with Gasteiger partial charge in [0.25, 0.3) is 0 Å². The van der Waals surface area contributed by atoms with Gasteiger partial charge in [0.1, 0.15) is 5.75 Å². The molecule has 1 N–H and O–H groups in total. The van der Waals surface area contributed by atoms with Crippen LogP contribution in [0, 0.1) is 13.8 Å². The predicted octanol–water partition coefficient (Wildman–Crippen LogP) is 2.42. The number of hydrogen-bond donors (Lipinski definition) is 1. The first kappa shape index (κ1) is 16.5. The number of carbonyl (C=O) groups excluding carboxylic acids is 2. The van der Waals surface area contributed by atoms with Crippen LogP contribution in [0.15, 0.2) is 48.5 Å². The standard InChI is InChI=1S/C18H20N2O3/c1-13-9-10-14(2)16(11-13)23-12-19-17(21)18(22)20(3)15-7-5-4-6-8-15/h4-11H,12H2,1-3H3,(H,19,21). The monoisotopic (exact) mass is 312 g/mol. The second-order valence-corrected chi connectivity index (χ2v) is 5.26. The van der Waals surface area contributed by atoms with Crippen LogP contribution >= 0.6 is 0 Å². The Balaban J connectivity index is 1.89. The molecule has 0 fully saturated rings. The molecule has 5 nitrogen and oxygen atoms in total. The molecule has 0 aliphatic carbocycles. The molecule has 23 heavy (non-hydrogen) atoms. The molecule has 0 heterocycles. The Morgan fingerprint density at radius 1 is 1.09 bits per heavy atom. The van der Waals surface area contributed by atoms with Crippen LogP contribution in [-0.2, 0) is 9.59 Å². The van der Waals surface area contributed by atoms with Crippen LogP contribution in [0.3, 0.4) is 0 Å². The molecule has 120 valence electrons. The fraction of sp³-hybridized carbons (Fsp3) is 0.222. The lowest BCUT2D eigenvalue weighted by atomic mass is 10.1. The number of nitrogens with zero attached hydrogens (tertiary/aromatic N) is 1. The molecule has 0 radical (unpaired) electrons. The van der Waals surface area contributed by atoms with E-state index in [0.717, 1.165) is 11.1 Å². The zero-order chi connectivity index (χ0) is 16.8. The summed E-state index contributed by atoms with van der Waals surface area (Å²) in [5, 5.41) is 2.48. The molecular formula is C18H20N2O3. The van der Waals surface area contributed by atoms with Gasteiger partial charge in [-0.25, -0.2) is 0 Å². The van der Waals surface area contributed by atoms with Crippen molar-refractivity contribution in [2.75, 3.05) is 18.7 Å². The maximum atomic E-state index is 12.1. The van der Waals surface area contributed by atoms with Crippen molar-refractivity contribution in [1.29, 1.82) is 0 Å². The average Bonchev–Trinajstić information content (AvgIpc) is 2.57. The highest BCUT2D eigenvalue weighted by molar-refractivity contribution is 6.40. The minimum atomic E-state index is -0.707. The van der Waals surface area contributed by atoms with E-state index in [4.69, 9.17) is 4.74 Å². The molecule has 0 bridgehead atoms. The zero-order valence-electron chi connectivity index (χ0n) is 13.5. The second kappa shape index (κ2) is 7.45. The van der Waals surface area contributed by atoms with E-state index in [0.29, 0.717) is 11.4 Å². The number of anilines is 1. The van der Waals surface area contributed by atoms with Crippen molar-refractivity contribution in [2.45, 2.75) is 13.8 Å². The van der Waals surface area contributed by atoms with Crippen LogP contribution in [0.1, 0.15) is 11.1 Å². The molecule has 0 saturated carbocycles. The molecule has 0 aliphatic heterocycles. The molecule has 0 atom stereocenters. The molecule has 2 aromatic rings. The molecule has 2 rings (SSSR count). The first-order chi connectivity index (χ1) is 11.0. The Labute approximate surface area is 135 Å². The minimum absolute atomic E-state index is 0.0580. The Morgan fingerprint density at radius 2 is 1.78 bits per heavy atom. The first-order valence-corrected chi connectivity index (χ1v) is 7.30. The fourth-order valence-electron chi connectivity index (χ4n) is 2.04. The fourth-order valence-corrected chi connectivity index (χ4v) is 2.04. The van der Waals surface area contributed by atoms with Gasteiger partial charge in [-0.1, -0.05) is 30.3 Å². The smallest absolute Gasteiger partial charge is 0.316 e. The summed E-state index contributed by atoms with van der Waals surface area (Å²) >= 11 is 0. The lowest BCUT2D eigenvalue weighted by molar-refractivity contribution is -0.138. The van der Waals surface area contributed by atoms with E-state index >= 15 is 0 Å². The van der Waals surface area contributed by atoms with E-state index in [2.05, 4.69) is 5.32 Å². The number of hydrogen-bond acceptors (Lipinski definition) is 3. The number of aryl methyl sites for hydroxylation is 2. The Hall–Kier alpha value is -2.82.